The number of halogens is 2. The molecule has 0 saturated carbocycles. The van der Waals surface area contributed by atoms with E-state index in [0.29, 0.717) is 5.69 Å². The number of nitrogens with zero attached hydrogens (tertiary/aromatic N) is 1. The number of amides is 1. The SMILES string of the molecule is Nc1cnccc1SCC(=O)Nc1cc(F)cc(F)c1. The number of thioether (sulfide) groups is 1. The number of anilines is 2. The number of rotatable bonds is 4. The van der Waals surface area contributed by atoms with Gasteiger partial charge in [0.2, 0.25) is 5.91 Å². The summed E-state index contributed by atoms with van der Waals surface area (Å²) >= 11 is 1.22. The van der Waals surface area contributed by atoms with Crippen LogP contribution in [-0.2, 0) is 4.79 Å². The highest BCUT2D eigenvalue weighted by atomic mass is 32.2. The Bertz CT molecular complexity index is 617. The van der Waals surface area contributed by atoms with Crippen LogP contribution >= 0.6 is 11.8 Å². The topological polar surface area (TPSA) is 68.0 Å². The van der Waals surface area contributed by atoms with Crippen LogP contribution in [0.15, 0.2) is 41.6 Å². The van der Waals surface area contributed by atoms with Crippen molar-refractivity contribution in [1.82, 2.24) is 4.98 Å². The fourth-order valence-electron chi connectivity index (χ4n) is 1.49. The molecular formula is C13H11F2N3OS. The second-order valence-corrected chi connectivity index (χ2v) is 4.93. The third kappa shape index (κ3) is 3.92. The summed E-state index contributed by atoms with van der Waals surface area (Å²) in [5, 5.41) is 2.42. The summed E-state index contributed by atoms with van der Waals surface area (Å²) < 4.78 is 25.9. The molecule has 0 aliphatic carbocycles. The van der Waals surface area contributed by atoms with Gasteiger partial charge in [0.05, 0.1) is 17.6 Å². The van der Waals surface area contributed by atoms with Crippen molar-refractivity contribution in [2.24, 2.45) is 0 Å². The first-order valence-electron chi connectivity index (χ1n) is 5.63. The smallest absolute Gasteiger partial charge is 0.234 e. The van der Waals surface area contributed by atoms with E-state index >= 15 is 0 Å². The van der Waals surface area contributed by atoms with Crippen LogP contribution in [-0.4, -0.2) is 16.6 Å². The molecule has 104 valence electrons. The number of nitrogen functional groups attached to an aromatic ring is 1. The van der Waals surface area contributed by atoms with E-state index in [4.69, 9.17) is 5.73 Å². The maximum atomic E-state index is 13.0. The van der Waals surface area contributed by atoms with Crippen LogP contribution in [0.2, 0.25) is 0 Å². The number of aromatic nitrogens is 1. The molecule has 0 unspecified atom stereocenters. The van der Waals surface area contributed by atoms with E-state index in [1.807, 2.05) is 0 Å². The largest absolute Gasteiger partial charge is 0.397 e. The van der Waals surface area contributed by atoms with E-state index in [2.05, 4.69) is 10.3 Å². The van der Waals surface area contributed by atoms with Gasteiger partial charge in [-0.15, -0.1) is 11.8 Å². The lowest BCUT2D eigenvalue weighted by atomic mass is 10.3. The normalized spacial score (nSPS) is 10.3. The zero-order valence-electron chi connectivity index (χ0n) is 10.3. The second-order valence-electron chi connectivity index (χ2n) is 3.91. The van der Waals surface area contributed by atoms with Crippen molar-refractivity contribution in [2.45, 2.75) is 4.90 Å². The van der Waals surface area contributed by atoms with Gasteiger partial charge in [-0.25, -0.2) is 8.78 Å². The van der Waals surface area contributed by atoms with Gasteiger partial charge in [0, 0.05) is 22.8 Å². The molecule has 3 N–H and O–H groups in total. The molecule has 2 aromatic rings. The Morgan fingerprint density at radius 3 is 2.65 bits per heavy atom. The van der Waals surface area contributed by atoms with E-state index in [9.17, 15) is 13.6 Å². The highest BCUT2D eigenvalue weighted by molar-refractivity contribution is 8.00. The van der Waals surface area contributed by atoms with Gasteiger partial charge in [-0.3, -0.25) is 9.78 Å². The van der Waals surface area contributed by atoms with Crippen molar-refractivity contribution >= 4 is 29.0 Å². The van der Waals surface area contributed by atoms with Gasteiger partial charge in [-0.1, -0.05) is 0 Å². The van der Waals surface area contributed by atoms with Crippen LogP contribution < -0.4 is 11.1 Å². The molecule has 4 nitrogen and oxygen atoms in total. The Hall–Kier alpha value is -2.15. The molecule has 20 heavy (non-hydrogen) atoms. The summed E-state index contributed by atoms with van der Waals surface area (Å²) in [7, 11) is 0. The molecule has 0 radical (unpaired) electrons. The molecule has 0 bridgehead atoms. The van der Waals surface area contributed by atoms with Crippen molar-refractivity contribution in [2.75, 3.05) is 16.8 Å². The Morgan fingerprint density at radius 2 is 2.00 bits per heavy atom. The lowest BCUT2D eigenvalue weighted by molar-refractivity contribution is -0.113. The van der Waals surface area contributed by atoms with Crippen molar-refractivity contribution in [3.05, 3.63) is 48.3 Å². The van der Waals surface area contributed by atoms with Gasteiger partial charge in [-0.2, -0.15) is 0 Å². The number of nitrogens with two attached hydrogens (primary N) is 1. The molecule has 1 heterocycles. The van der Waals surface area contributed by atoms with Gasteiger partial charge in [0.1, 0.15) is 11.6 Å². The maximum absolute atomic E-state index is 13.0. The summed E-state index contributed by atoms with van der Waals surface area (Å²) in [4.78, 5) is 16.2. The Balaban J connectivity index is 1.94. The monoisotopic (exact) mass is 295 g/mol. The lowest BCUT2D eigenvalue weighted by Gasteiger charge is -2.06. The number of carbonyl (C=O) groups is 1. The second kappa shape index (κ2) is 6.33. The summed E-state index contributed by atoms with van der Waals surface area (Å²) in [6, 6.07) is 4.52. The molecule has 2 rings (SSSR count). The molecule has 0 fully saturated rings. The molecular weight excluding hydrogens is 284 g/mol. The summed E-state index contributed by atoms with van der Waals surface area (Å²) in [5.41, 5.74) is 6.24. The first-order chi connectivity index (χ1) is 9.54. The number of carbonyl (C=O) groups excluding carboxylic acids is 1. The molecule has 0 spiro atoms. The van der Waals surface area contributed by atoms with Crippen LogP contribution in [0.3, 0.4) is 0 Å². The van der Waals surface area contributed by atoms with E-state index < -0.39 is 11.6 Å². The molecule has 1 amide bonds. The Labute approximate surface area is 118 Å². The highest BCUT2D eigenvalue weighted by Gasteiger charge is 2.07. The van der Waals surface area contributed by atoms with Crippen LogP contribution in [0.5, 0.6) is 0 Å². The van der Waals surface area contributed by atoms with Crippen molar-refractivity contribution in [3.63, 3.8) is 0 Å². The molecule has 0 atom stereocenters. The van der Waals surface area contributed by atoms with E-state index in [1.165, 1.54) is 18.0 Å². The number of nitrogens with one attached hydrogen (secondary N) is 1. The van der Waals surface area contributed by atoms with E-state index in [1.54, 1.807) is 12.3 Å². The molecule has 0 saturated heterocycles. The summed E-state index contributed by atoms with van der Waals surface area (Å²) in [6.45, 7) is 0. The van der Waals surface area contributed by atoms with Crippen LogP contribution in [0.1, 0.15) is 0 Å². The Kier molecular flexibility index (Phi) is 4.52. The average Bonchev–Trinajstić information content (AvgIpc) is 2.36. The molecule has 0 aliphatic rings. The van der Waals surface area contributed by atoms with Crippen LogP contribution in [0.25, 0.3) is 0 Å². The minimum absolute atomic E-state index is 0.0757. The minimum Gasteiger partial charge on any atom is -0.397 e. The maximum Gasteiger partial charge on any atom is 0.234 e. The summed E-state index contributed by atoms with van der Waals surface area (Å²) in [6.07, 6.45) is 3.06. The number of hydrogen-bond acceptors (Lipinski definition) is 4. The zero-order chi connectivity index (χ0) is 14.5. The van der Waals surface area contributed by atoms with Crippen molar-refractivity contribution in [3.8, 4) is 0 Å². The highest BCUT2D eigenvalue weighted by Crippen LogP contribution is 2.23. The Morgan fingerprint density at radius 1 is 1.30 bits per heavy atom. The molecule has 7 heteroatoms. The zero-order valence-corrected chi connectivity index (χ0v) is 11.1. The van der Waals surface area contributed by atoms with Gasteiger partial charge in [-0.05, 0) is 18.2 Å². The van der Waals surface area contributed by atoms with E-state index in [-0.39, 0.29) is 17.3 Å². The van der Waals surface area contributed by atoms with E-state index in [0.717, 1.165) is 23.1 Å². The first-order valence-corrected chi connectivity index (χ1v) is 6.61. The van der Waals surface area contributed by atoms with Crippen LogP contribution in [0.4, 0.5) is 20.2 Å². The minimum atomic E-state index is -0.744. The number of benzene rings is 1. The standard InChI is InChI=1S/C13H11F2N3OS/c14-8-3-9(15)5-10(4-8)18-13(19)7-20-12-1-2-17-6-11(12)16/h1-6H,7,16H2,(H,18,19). The fourth-order valence-corrected chi connectivity index (χ4v) is 2.23. The summed E-state index contributed by atoms with van der Waals surface area (Å²) in [5.74, 6) is -1.79. The third-order valence-corrected chi connectivity index (χ3v) is 3.40. The predicted molar refractivity (Wildman–Crippen MR) is 74.4 cm³/mol. The van der Waals surface area contributed by atoms with Gasteiger partial charge < -0.3 is 11.1 Å². The van der Waals surface area contributed by atoms with Gasteiger partial charge in [0.15, 0.2) is 0 Å². The van der Waals surface area contributed by atoms with Crippen molar-refractivity contribution < 1.29 is 13.6 Å². The average molecular weight is 295 g/mol. The third-order valence-electron chi connectivity index (χ3n) is 2.32. The molecule has 1 aromatic heterocycles. The number of hydrogen-bond donors (Lipinski definition) is 2. The fraction of sp³-hybridized carbons (Fsp3) is 0.0769. The van der Waals surface area contributed by atoms with Gasteiger partial charge in [0.25, 0.3) is 0 Å². The lowest BCUT2D eigenvalue weighted by Crippen LogP contribution is -2.14. The predicted octanol–water partition coefficient (Wildman–Crippen LogP) is 2.67. The quantitative estimate of drug-likeness (QED) is 0.851. The van der Waals surface area contributed by atoms with Gasteiger partial charge >= 0.3 is 0 Å². The molecule has 0 aliphatic heterocycles. The molecule has 1 aromatic carbocycles. The van der Waals surface area contributed by atoms with Crippen LogP contribution in [0, 0.1) is 11.6 Å². The number of pyridine rings is 1. The first kappa shape index (κ1) is 14.3. The van der Waals surface area contributed by atoms with Crippen molar-refractivity contribution in [1.29, 1.82) is 0 Å².